The van der Waals surface area contributed by atoms with Crippen molar-refractivity contribution < 1.29 is 23.4 Å². The van der Waals surface area contributed by atoms with Gasteiger partial charge in [0, 0.05) is 10.9 Å². The summed E-state index contributed by atoms with van der Waals surface area (Å²) < 4.78 is 28.5. The average Bonchev–Trinajstić information content (AvgIpc) is 3.14. The number of halogens is 1. The van der Waals surface area contributed by atoms with Crippen LogP contribution in [-0.2, 0) is 16.1 Å². The van der Waals surface area contributed by atoms with Gasteiger partial charge < -0.3 is 14.2 Å². The van der Waals surface area contributed by atoms with Crippen LogP contribution in [0.4, 0.5) is 4.39 Å². The molecule has 3 aromatic rings. The molecular weight excluding hydrogens is 357 g/mol. The van der Waals surface area contributed by atoms with Crippen LogP contribution in [0.5, 0.6) is 11.5 Å². The summed E-state index contributed by atoms with van der Waals surface area (Å²) in [7, 11) is 1.58. The Morgan fingerprint density at radius 2 is 1.77 bits per heavy atom. The molecule has 0 aliphatic rings. The number of carbonyl (C=O) groups is 1. The highest BCUT2D eigenvalue weighted by atomic mass is 32.1. The van der Waals surface area contributed by atoms with Crippen molar-refractivity contribution >= 4 is 17.3 Å². The van der Waals surface area contributed by atoms with Crippen molar-refractivity contribution in [2.24, 2.45) is 0 Å². The molecule has 0 aliphatic heterocycles. The number of hydrogen-bond acceptors (Lipinski definition) is 6. The van der Waals surface area contributed by atoms with Crippen molar-refractivity contribution in [1.29, 1.82) is 0 Å². The Labute approximate surface area is 154 Å². The molecular formula is C19H16FNO4S. The number of hydrogen-bond donors (Lipinski definition) is 0. The van der Waals surface area contributed by atoms with Gasteiger partial charge in [0.25, 0.3) is 0 Å². The minimum absolute atomic E-state index is 0.0580. The number of thiazole rings is 1. The second-order valence-corrected chi connectivity index (χ2v) is 6.13. The summed E-state index contributed by atoms with van der Waals surface area (Å²) in [6.07, 6.45) is 0. The number of esters is 1. The van der Waals surface area contributed by atoms with Gasteiger partial charge in [-0.25, -0.2) is 14.2 Å². The monoisotopic (exact) mass is 373 g/mol. The van der Waals surface area contributed by atoms with Crippen molar-refractivity contribution in [3.05, 3.63) is 65.4 Å². The van der Waals surface area contributed by atoms with Crippen LogP contribution in [0, 0.1) is 5.82 Å². The lowest BCUT2D eigenvalue weighted by atomic mass is 10.2. The van der Waals surface area contributed by atoms with E-state index in [1.54, 1.807) is 48.9 Å². The molecule has 0 unspecified atom stereocenters. The molecule has 1 aromatic heterocycles. The van der Waals surface area contributed by atoms with Gasteiger partial charge in [-0.2, -0.15) is 0 Å². The van der Waals surface area contributed by atoms with Crippen LogP contribution in [0.15, 0.2) is 53.9 Å². The first-order chi connectivity index (χ1) is 12.6. The highest BCUT2D eigenvalue weighted by molar-refractivity contribution is 7.13. The fourth-order valence-electron chi connectivity index (χ4n) is 2.11. The van der Waals surface area contributed by atoms with Crippen molar-refractivity contribution in [2.45, 2.75) is 6.61 Å². The molecule has 0 radical (unpaired) electrons. The fourth-order valence-corrected chi connectivity index (χ4v) is 2.92. The quantitative estimate of drug-likeness (QED) is 0.584. The fraction of sp³-hybridized carbons (Fsp3) is 0.158. The Kier molecular flexibility index (Phi) is 5.80. The van der Waals surface area contributed by atoms with Crippen molar-refractivity contribution in [3.63, 3.8) is 0 Å². The number of methoxy groups -OCH3 is 1. The lowest BCUT2D eigenvalue weighted by Gasteiger charge is -2.07. The van der Waals surface area contributed by atoms with Gasteiger partial charge in [-0.3, -0.25) is 0 Å². The molecule has 26 heavy (non-hydrogen) atoms. The third kappa shape index (κ3) is 4.80. The van der Waals surface area contributed by atoms with E-state index in [0.717, 1.165) is 10.6 Å². The van der Waals surface area contributed by atoms with Gasteiger partial charge in [0.2, 0.25) is 0 Å². The van der Waals surface area contributed by atoms with E-state index in [4.69, 9.17) is 14.2 Å². The molecule has 0 bridgehead atoms. The summed E-state index contributed by atoms with van der Waals surface area (Å²) in [5.74, 6) is 0.476. The number of carbonyl (C=O) groups excluding carboxylic acids is 1. The van der Waals surface area contributed by atoms with Crippen LogP contribution in [0.2, 0.25) is 0 Å². The van der Waals surface area contributed by atoms with Crippen molar-refractivity contribution in [1.82, 2.24) is 4.98 Å². The second kappa shape index (κ2) is 8.44. The normalized spacial score (nSPS) is 10.4. The van der Waals surface area contributed by atoms with Crippen LogP contribution in [0.1, 0.15) is 5.69 Å². The molecule has 0 fully saturated rings. The molecule has 2 aromatic carbocycles. The van der Waals surface area contributed by atoms with E-state index in [-0.39, 0.29) is 19.0 Å². The van der Waals surface area contributed by atoms with Crippen molar-refractivity contribution in [3.8, 4) is 22.1 Å². The van der Waals surface area contributed by atoms with E-state index in [1.807, 2.05) is 0 Å². The van der Waals surface area contributed by atoms with Crippen LogP contribution >= 0.6 is 11.3 Å². The molecule has 5 nitrogen and oxygen atoms in total. The van der Waals surface area contributed by atoms with Gasteiger partial charge >= 0.3 is 5.97 Å². The van der Waals surface area contributed by atoms with Gasteiger partial charge in [-0.1, -0.05) is 0 Å². The van der Waals surface area contributed by atoms with E-state index < -0.39 is 5.97 Å². The molecule has 134 valence electrons. The predicted octanol–water partition coefficient (Wildman–Crippen LogP) is 4.08. The molecule has 7 heteroatoms. The molecule has 0 spiro atoms. The summed E-state index contributed by atoms with van der Waals surface area (Å²) in [5.41, 5.74) is 1.45. The Morgan fingerprint density at radius 3 is 2.46 bits per heavy atom. The highest BCUT2D eigenvalue weighted by Crippen LogP contribution is 2.24. The topological polar surface area (TPSA) is 57.7 Å². The van der Waals surface area contributed by atoms with Crippen molar-refractivity contribution in [2.75, 3.05) is 13.7 Å². The van der Waals surface area contributed by atoms with Gasteiger partial charge in [-0.15, -0.1) is 11.3 Å². The minimum atomic E-state index is -0.489. The standard InChI is InChI=1S/C19H16FNO4S/c1-23-16-6-8-17(9-7-16)24-11-18(22)25-10-15-12-26-19(21-15)13-2-4-14(20)5-3-13/h2-9,12H,10-11H2,1H3. The summed E-state index contributed by atoms with van der Waals surface area (Å²) in [5, 5.41) is 2.54. The number of rotatable bonds is 7. The van der Waals surface area contributed by atoms with Gasteiger partial charge in [0.1, 0.15) is 28.9 Å². The largest absolute Gasteiger partial charge is 0.497 e. The third-order valence-electron chi connectivity index (χ3n) is 3.44. The molecule has 0 amide bonds. The van der Waals surface area contributed by atoms with E-state index in [9.17, 15) is 9.18 Å². The molecule has 0 N–H and O–H groups in total. The predicted molar refractivity (Wildman–Crippen MR) is 95.8 cm³/mol. The van der Waals surface area contributed by atoms with E-state index in [0.29, 0.717) is 17.2 Å². The molecule has 0 aliphatic carbocycles. The third-order valence-corrected chi connectivity index (χ3v) is 4.38. The maximum Gasteiger partial charge on any atom is 0.344 e. The van der Waals surface area contributed by atoms with E-state index in [2.05, 4.69) is 4.98 Å². The van der Waals surface area contributed by atoms with Crippen LogP contribution in [-0.4, -0.2) is 24.7 Å². The molecule has 3 rings (SSSR count). The molecule has 0 saturated heterocycles. The Hall–Kier alpha value is -2.93. The number of ether oxygens (including phenoxy) is 3. The molecule has 1 heterocycles. The zero-order valence-electron chi connectivity index (χ0n) is 14.0. The average molecular weight is 373 g/mol. The molecule has 0 saturated carbocycles. The lowest BCUT2D eigenvalue weighted by Crippen LogP contribution is -2.14. The first kappa shape index (κ1) is 17.9. The zero-order chi connectivity index (χ0) is 18.4. The summed E-state index contributed by atoms with van der Waals surface area (Å²) in [6, 6.07) is 13.0. The van der Waals surface area contributed by atoms with Gasteiger partial charge in [0.15, 0.2) is 6.61 Å². The van der Waals surface area contributed by atoms with Gasteiger partial charge in [-0.05, 0) is 48.5 Å². The first-order valence-corrected chi connectivity index (χ1v) is 8.65. The Morgan fingerprint density at radius 1 is 1.08 bits per heavy atom. The maximum absolute atomic E-state index is 13.0. The zero-order valence-corrected chi connectivity index (χ0v) is 14.8. The van der Waals surface area contributed by atoms with Crippen LogP contribution < -0.4 is 9.47 Å². The SMILES string of the molecule is COc1ccc(OCC(=O)OCc2csc(-c3ccc(F)cc3)n2)cc1. The Balaban J connectivity index is 1.47. The highest BCUT2D eigenvalue weighted by Gasteiger charge is 2.09. The summed E-state index contributed by atoms with van der Waals surface area (Å²) in [6.45, 7) is -0.135. The first-order valence-electron chi connectivity index (χ1n) is 7.77. The summed E-state index contributed by atoms with van der Waals surface area (Å²) >= 11 is 1.41. The summed E-state index contributed by atoms with van der Waals surface area (Å²) in [4.78, 5) is 16.2. The Bertz CT molecular complexity index is 862. The number of aromatic nitrogens is 1. The van der Waals surface area contributed by atoms with E-state index >= 15 is 0 Å². The number of nitrogens with zero attached hydrogens (tertiary/aromatic N) is 1. The van der Waals surface area contributed by atoms with E-state index in [1.165, 1.54) is 23.5 Å². The van der Waals surface area contributed by atoms with Crippen LogP contribution in [0.3, 0.4) is 0 Å². The lowest BCUT2D eigenvalue weighted by molar-refractivity contribution is -0.147. The van der Waals surface area contributed by atoms with Crippen LogP contribution in [0.25, 0.3) is 10.6 Å². The second-order valence-electron chi connectivity index (χ2n) is 5.28. The number of benzene rings is 2. The smallest absolute Gasteiger partial charge is 0.344 e. The molecule has 0 atom stereocenters. The minimum Gasteiger partial charge on any atom is -0.497 e. The van der Waals surface area contributed by atoms with Gasteiger partial charge in [0.05, 0.1) is 12.8 Å². The maximum atomic E-state index is 13.0.